The van der Waals surface area contributed by atoms with Crippen molar-refractivity contribution in [2.45, 2.75) is 17.2 Å². The Morgan fingerprint density at radius 1 is 1.25 bits per heavy atom. The molecule has 1 atom stereocenters. The number of halogens is 4. The Kier molecular flexibility index (Phi) is 4.21. The van der Waals surface area contributed by atoms with E-state index >= 15 is 0 Å². The van der Waals surface area contributed by atoms with Crippen LogP contribution in [0, 0.1) is 0 Å². The monoisotopic (exact) mass is 272 g/mol. The molecule has 2 nitrogen and oxygen atoms in total. The van der Waals surface area contributed by atoms with Gasteiger partial charge in [-0.3, -0.25) is 4.39 Å². The molecule has 0 bridgehead atoms. The Morgan fingerprint density at radius 2 is 1.81 bits per heavy atom. The first kappa shape index (κ1) is 13.3. The van der Waals surface area contributed by atoms with E-state index in [1.165, 1.54) is 12.1 Å². The lowest BCUT2D eigenvalue weighted by atomic mass is 10.0. The molecule has 0 aliphatic rings. The summed E-state index contributed by atoms with van der Waals surface area (Å²) in [7, 11) is 0.924. The first-order valence-electron chi connectivity index (χ1n) is 4.25. The van der Waals surface area contributed by atoms with Crippen LogP contribution in [0.1, 0.15) is 11.5 Å². The molecule has 1 aromatic rings. The van der Waals surface area contributed by atoms with Crippen LogP contribution in [-0.2, 0) is 9.05 Å². The summed E-state index contributed by atoms with van der Waals surface area (Å²) in [5, 5.41) is 0. The van der Waals surface area contributed by atoms with E-state index in [1.807, 2.05) is 0 Å². The number of benzene rings is 1. The molecule has 0 aromatic heterocycles. The second-order valence-corrected chi connectivity index (χ2v) is 5.61. The fourth-order valence-corrected chi connectivity index (χ4v) is 2.46. The summed E-state index contributed by atoms with van der Waals surface area (Å²) in [6, 6.07) is 4.89. The van der Waals surface area contributed by atoms with Gasteiger partial charge in [0, 0.05) is 10.7 Å². The molecule has 0 spiro atoms. The summed E-state index contributed by atoms with van der Waals surface area (Å²) >= 11 is 0. The van der Waals surface area contributed by atoms with Crippen LogP contribution < -0.4 is 0 Å². The molecule has 0 aliphatic heterocycles. The average Bonchev–Trinajstić information content (AvgIpc) is 2.17. The minimum Gasteiger partial charge on any atom is -0.250 e. The molecule has 0 heterocycles. The Labute approximate surface area is 95.5 Å². The normalized spacial score (nSPS) is 14.1. The van der Waals surface area contributed by atoms with Gasteiger partial charge in [-0.2, -0.15) is 0 Å². The fraction of sp³-hybridized carbons (Fsp3) is 0.333. The van der Waals surface area contributed by atoms with Crippen LogP contribution in [-0.4, -0.2) is 21.5 Å². The van der Waals surface area contributed by atoms with E-state index in [0.29, 0.717) is 0 Å². The van der Waals surface area contributed by atoms with E-state index in [-0.39, 0.29) is 5.56 Å². The average molecular weight is 273 g/mol. The van der Waals surface area contributed by atoms with Gasteiger partial charge in [-0.15, -0.1) is 0 Å². The quantitative estimate of drug-likeness (QED) is 0.790. The summed E-state index contributed by atoms with van der Waals surface area (Å²) in [6.07, 6.45) is -2.98. The maximum Gasteiger partial charge on any atom is 0.261 e. The number of rotatable bonds is 4. The lowest BCUT2D eigenvalue weighted by molar-refractivity contribution is 0.0999. The maximum absolute atomic E-state index is 12.5. The van der Waals surface area contributed by atoms with Crippen molar-refractivity contribution in [2.75, 3.05) is 6.67 Å². The third-order valence-electron chi connectivity index (χ3n) is 2.05. The molecule has 1 aromatic carbocycles. The molecule has 0 saturated carbocycles. The Morgan fingerprint density at radius 3 is 2.25 bits per heavy atom. The highest BCUT2D eigenvalue weighted by molar-refractivity contribution is 8.13. The maximum atomic E-state index is 12.5. The molecule has 1 rings (SSSR count). The van der Waals surface area contributed by atoms with E-state index in [4.69, 9.17) is 10.7 Å². The lowest BCUT2D eigenvalue weighted by Crippen LogP contribution is -2.14. The van der Waals surface area contributed by atoms with Crippen molar-refractivity contribution in [1.29, 1.82) is 0 Å². The molecular weight excluding hydrogens is 265 g/mol. The molecule has 16 heavy (non-hydrogen) atoms. The van der Waals surface area contributed by atoms with E-state index in [9.17, 15) is 21.6 Å². The zero-order valence-electron chi connectivity index (χ0n) is 7.91. The van der Waals surface area contributed by atoms with Crippen molar-refractivity contribution in [3.05, 3.63) is 29.8 Å². The first-order chi connectivity index (χ1) is 7.38. The van der Waals surface area contributed by atoms with Gasteiger partial charge in [0.15, 0.2) is 0 Å². The predicted octanol–water partition coefficient (Wildman–Crippen LogP) is 2.93. The van der Waals surface area contributed by atoms with Gasteiger partial charge in [-0.1, -0.05) is 18.2 Å². The summed E-state index contributed by atoms with van der Waals surface area (Å²) in [4.78, 5) is -0.473. The zero-order valence-corrected chi connectivity index (χ0v) is 9.48. The van der Waals surface area contributed by atoms with Crippen molar-refractivity contribution >= 4 is 19.7 Å². The highest BCUT2D eigenvalue weighted by atomic mass is 35.7. The van der Waals surface area contributed by atoms with Crippen LogP contribution in [0.5, 0.6) is 0 Å². The Bertz CT molecular complexity index is 462. The summed E-state index contributed by atoms with van der Waals surface area (Å²) in [6.45, 7) is -1.35. The molecule has 0 aliphatic carbocycles. The van der Waals surface area contributed by atoms with E-state index in [0.717, 1.165) is 12.1 Å². The van der Waals surface area contributed by atoms with Crippen LogP contribution in [0.2, 0.25) is 0 Å². The summed E-state index contributed by atoms with van der Waals surface area (Å²) < 4.78 is 59.6. The van der Waals surface area contributed by atoms with Gasteiger partial charge < -0.3 is 0 Å². The SMILES string of the molecule is O=S(=O)(Cl)c1ccccc1C(CF)C(F)F. The Hall–Kier alpha value is -0.750. The van der Waals surface area contributed by atoms with Crippen molar-refractivity contribution in [3.8, 4) is 0 Å². The molecule has 7 heteroatoms. The molecule has 0 amide bonds. The zero-order chi connectivity index (χ0) is 12.3. The van der Waals surface area contributed by atoms with Crippen LogP contribution in [0.15, 0.2) is 29.2 Å². The van der Waals surface area contributed by atoms with E-state index in [1.54, 1.807) is 0 Å². The largest absolute Gasteiger partial charge is 0.261 e. The molecule has 0 fully saturated rings. The minimum absolute atomic E-state index is 0.296. The van der Waals surface area contributed by atoms with E-state index in [2.05, 4.69) is 0 Å². The van der Waals surface area contributed by atoms with Crippen molar-refractivity contribution in [3.63, 3.8) is 0 Å². The highest BCUT2D eigenvalue weighted by Gasteiger charge is 2.28. The number of hydrogen-bond donors (Lipinski definition) is 0. The first-order valence-corrected chi connectivity index (χ1v) is 6.56. The van der Waals surface area contributed by atoms with Crippen molar-refractivity contribution < 1.29 is 21.6 Å². The lowest BCUT2D eigenvalue weighted by Gasteiger charge is -2.14. The van der Waals surface area contributed by atoms with Gasteiger partial charge in [0.25, 0.3) is 9.05 Å². The molecule has 0 saturated heterocycles. The van der Waals surface area contributed by atoms with Crippen LogP contribution in [0.4, 0.5) is 13.2 Å². The second kappa shape index (κ2) is 5.05. The smallest absolute Gasteiger partial charge is 0.250 e. The van der Waals surface area contributed by atoms with Crippen LogP contribution in [0.25, 0.3) is 0 Å². The summed E-state index contributed by atoms with van der Waals surface area (Å²) in [5.74, 6) is -1.77. The topological polar surface area (TPSA) is 34.1 Å². The van der Waals surface area contributed by atoms with Gasteiger partial charge in [0.1, 0.15) is 6.67 Å². The van der Waals surface area contributed by atoms with Gasteiger partial charge >= 0.3 is 0 Å². The van der Waals surface area contributed by atoms with Crippen LogP contribution in [0.3, 0.4) is 0 Å². The predicted molar refractivity (Wildman–Crippen MR) is 54.2 cm³/mol. The molecule has 0 radical (unpaired) electrons. The standard InChI is InChI=1S/C9H8ClF3O2S/c10-16(14,15)8-4-2-1-3-6(8)7(5-11)9(12)13/h1-4,7,9H,5H2. The molecule has 0 N–H and O–H groups in total. The number of alkyl halides is 3. The molecular formula is C9H8ClF3O2S. The molecule has 90 valence electrons. The third-order valence-corrected chi connectivity index (χ3v) is 3.45. The Balaban J connectivity index is 3.33. The fourth-order valence-electron chi connectivity index (χ4n) is 1.30. The molecule has 1 unspecified atom stereocenters. The highest BCUT2D eigenvalue weighted by Crippen LogP contribution is 2.30. The van der Waals surface area contributed by atoms with Gasteiger partial charge in [0.05, 0.1) is 10.8 Å². The third kappa shape index (κ3) is 2.89. The van der Waals surface area contributed by atoms with Gasteiger partial charge in [-0.25, -0.2) is 17.2 Å². The minimum atomic E-state index is -4.15. The summed E-state index contributed by atoms with van der Waals surface area (Å²) in [5.41, 5.74) is -0.296. The van der Waals surface area contributed by atoms with Gasteiger partial charge in [0.2, 0.25) is 6.43 Å². The second-order valence-electron chi connectivity index (χ2n) is 3.07. The van der Waals surface area contributed by atoms with Crippen molar-refractivity contribution in [1.82, 2.24) is 0 Å². The van der Waals surface area contributed by atoms with Crippen LogP contribution >= 0.6 is 10.7 Å². The number of hydrogen-bond acceptors (Lipinski definition) is 2. The van der Waals surface area contributed by atoms with Gasteiger partial charge in [-0.05, 0) is 11.6 Å². The van der Waals surface area contributed by atoms with E-state index < -0.39 is 33.0 Å². The van der Waals surface area contributed by atoms with Crippen molar-refractivity contribution in [2.24, 2.45) is 0 Å².